The molecule has 0 fully saturated rings. The maximum absolute atomic E-state index is 11.0. The summed E-state index contributed by atoms with van der Waals surface area (Å²) >= 11 is 0. The smallest absolute Gasteiger partial charge is 0.160 e. The van der Waals surface area contributed by atoms with Gasteiger partial charge in [-0.1, -0.05) is 24.3 Å². The summed E-state index contributed by atoms with van der Waals surface area (Å²) in [6.45, 7) is 1.80. The molecule has 0 amide bonds. The van der Waals surface area contributed by atoms with E-state index in [1.54, 1.807) is 6.07 Å². The van der Waals surface area contributed by atoms with Gasteiger partial charge in [-0.3, -0.25) is 9.63 Å². The molecule has 0 unspecified atom stereocenters. The number of Topliss-reactive ketones (excluding diaryl/α,β-unsaturated/α-hetero) is 1. The van der Waals surface area contributed by atoms with Gasteiger partial charge in [0, 0.05) is 5.56 Å². The van der Waals surface area contributed by atoms with E-state index in [1.165, 1.54) is 6.92 Å². The lowest BCUT2D eigenvalue weighted by molar-refractivity contribution is 0.0998. The van der Waals surface area contributed by atoms with E-state index < -0.39 is 0 Å². The quantitative estimate of drug-likeness (QED) is 0.542. The minimum absolute atomic E-state index is 0.0302. The highest BCUT2D eigenvalue weighted by Crippen LogP contribution is 2.09. The van der Waals surface area contributed by atoms with Crippen molar-refractivity contribution in [2.75, 3.05) is 0 Å². The van der Waals surface area contributed by atoms with Gasteiger partial charge in [-0.25, -0.2) is 5.90 Å². The molecule has 0 aliphatic heterocycles. The normalized spacial score (nSPS) is 9.83. The Morgan fingerprint density at radius 1 is 1.50 bits per heavy atom. The van der Waals surface area contributed by atoms with Crippen LogP contribution in [-0.2, 0) is 11.4 Å². The van der Waals surface area contributed by atoms with Gasteiger partial charge in [-0.2, -0.15) is 0 Å². The maximum atomic E-state index is 11.0. The Morgan fingerprint density at radius 2 is 2.17 bits per heavy atom. The van der Waals surface area contributed by atoms with Crippen LogP contribution in [0.2, 0.25) is 0 Å². The summed E-state index contributed by atoms with van der Waals surface area (Å²) in [5, 5.41) is 0. The van der Waals surface area contributed by atoms with Crippen molar-refractivity contribution in [2.24, 2.45) is 5.90 Å². The number of ketones is 1. The predicted molar refractivity (Wildman–Crippen MR) is 45.4 cm³/mol. The molecule has 0 atom stereocenters. The van der Waals surface area contributed by atoms with Gasteiger partial charge in [-0.05, 0) is 12.5 Å². The Kier molecular flexibility index (Phi) is 2.96. The first-order valence-corrected chi connectivity index (χ1v) is 3.66. The molecule has 0 aromatic heterocycles. The van der Waals surface area contributed by atoms with Crippen molar-refractivity contribution in [3.63, 3.8) is 0 Å². The van der Waals surface area contributed by atoms with Crippen LogP contribution in [0.3, 0.4) is 0 Å². The van der Waals surface area contributed by atoms with Crippen LogP contribution in [0.5, 0.6) is 0 Å². The molecule has 3 heteroatoms. The Labute approximate surface area is 71.1 Å². The number of hydrogen-bond donors (Lipinski definition) is 1. The first-order valence-electron chi connectivity index (χ1n) is 3.66. The number of rotatable bonds is 3. The molecule has 0 aliphatic rings. The maximum Gasteiger partial charge on any atom is 0.160 e. The largest absolute Gasteiger partial charge is 0.300 e. The molecular formula is C9H11NO2. The molecule has 1 aromatic rings. The van der Waals surface area contributed by atoms with E-state index in [9.17, 15) is 4.79 Å². The Balaban J connectivity index is 3.00. The van der Waals surface area contributed by atoms with E-state index in [2.05, 4.69) is 4.84 Å². The summed E-state index contributed by atoms with van der Waals surface area (Å²) in [4.78, 5) is 15.5. The fraction of sp³-hybridized carbons (Fsp3) is 0.222. The van der Waals surface area contributed by atoms with Crippen molar-refractivity contribution in [1.29, 1.82) is 0 Å². The zero-order valence-corrected chi connectivity index (χ0v) is 6.91. The molecule has 1 rings (SSSR count). The standard InChI is InChI=1S/C9H11NO2/c1-7(11)9-5-3-2-4-8(9)6-12-10/h2-5H,6,10H2,1H3. The molecule has 64 valence electrons. The van der Waals surface area contributed by atoms with Crippen molar-refractivity contribution < 1.29 is 9.63 Å². The number of benzene rings is 1. The van der Waals surface area contributed by atoms with Crippen LogP contribution < -0.4 is 5.90 Å². The molecule has 0 spiro atoms. The monoisotopic (exact) mass is 165 g/mol. The van der Waals surface area contributed by atoms with E-state index in [-0.39, 0.29) is 12.4 Å². The van der Waals surface area contributed by atoms with Crippen LogP contribution in [0.4, 0.5) is 0 Å². The summed E-state index contributed by atoms with van der Waals surface area (Å²) in [7, 11) is 0. The third-order valence-corrected chi connectivity index (χ3v) is 1.64. The Morgan fingerprint density at radius 3 is 2.75 bits per heavy atom. The highest BCUT2D eigenvalue weighted by atomic mass is 16.6. The summed E-state index contributed by atoms with van der Waals surface area (Å²) in [5.41, 5.74) is 1.50. The topological polar surface area (TPSA) is 52.3 Å². The number of nitrogens with two attached hydrogens (primary N) is 1. The van der Waals surface area contributed by atoms with Crippen LogP contribution in [-0.4, -0.2) is 5.78 Å². The Bertz CT molecular complexity index is 284. The average Bonchev–Trinajstić information content (AvgIpc) is 2.05. The lowest BCUT2D eigenvalue weighted by Crippen LogP contribution is -2.04. The SMILES string of the molecule is CC(=O)c1ccccc1CON. The predicted octanol–water partition coefficient (Wildman–Crippen LogP) is 1.28. The molecule has 1 aromatic carbocycles. The molecule has 0 bridgehead atoms. The highest BCUT2D eigenvalue weighted by Gasteiger charge is 2.04. The van der Waals surface area contributed by atoms with E-state index in [4.69, 9.17) is 5.90 Å². The first kappa shape index (κ1) is 8.90. The van der Waals surface area contributed by atoms with E-state index in [0.717, 1.165) is 5.56 Å². The molecule has 2 N–H and O–H groups in total. The third-order valence-electron chi connectivity index (χ3n) is 1.64. The van der Waals surface area contributed by atoms with Gasteiger partial charge >= 0.3 is 0 Å². The second-order valence-corrected chi connectivity index (χ2v) is 2.52. The molecular weight excluding hydrogens is 154 g/mol. The van der Waals surface area contributed by atoms with Gasteiger partial charge in [0.15, 0.2) is 5.78 Å². The van der Waals surface area contributed by atoms with Crippen molar-refractivity contribution in [3.05, 3.63) is 35.4 Å². The van der Waals surface area contributed by atoms with Gasteiger partial charge in [0.1, 0.15) is 0 Å². The van der Waals surface area contributed by atoms with Crippen molar-refractivity contribution >= 4 is 5.78 Å². The number of carbonyl (C=O) groups excluding carboxylic acids is 1. The van der Waals surface area contributed by atoms with Gasteiger partial charge < -0.3 is 0 Å². The van der Waals surface area contributed by atoms with E-state index in [0.29, 0.717) is 5.56 Å². The van der Waals surface area contributed by atoms with Crippen LogP contribution in [0, 0.1) is 0 Å². The first-order chi connectivity index (χ1) is 5.75. The van der Waals surface area contributed by atoms with Crippen molar-refractivity contribution in [2.45, 2.75) is 13.5 Å². The van der Waals surface area contributed by atoms with Gasteiger partial charge in [0.05, 0.1) is 6.61 Å². The molecule has 0 aliphatic carbocycles. The minimum Gasteiger partial charge on any atom is -0.300 e. The Hall–Kier alpha value is -1.19. The van der Waals surface area contributed by atoms with Crippen LogP contribution >= 0.6 is 0 Å². The molecule has 0 saturated heterocycles. The van der Waals surface area contributed by atoms with E-state index >= 15 is 0 Å². The second-order valence-electron chi connectivity index (χ2n) is 2.52. The van der Waals surface area contributed by atoms with Crippen molar-refractivity contribution in [3.8, 4) is 0 Å². The number of hydrogen-bond acceptors (Lipinski definition) is 3. The van der Waals surface area contributed by atoms with Crippen LogP contribution in [0.1, 0.15) is 22.8 Å². The molecule has 12 heavy (non-hydrogen) atoms. The zero-order valence-electron chi connectivity index (χ0n) is 6.91. The fourth-order valence-corrected chi connectivity index (χ4v) is 1.08. The summed E-state index contributed by atoms with van der Waals surface area (Å²) < 4.78 is 0. The van der Waals surface area contributed by atoms with Crippen molar-refractivity contribution in [1.82, 2.24) is 0 Å². The van der Waals surface area contributed by atoms with Gasteiger partial charge in [0.25, 0.3) is 0 Å². The number of carbonyl (C=O) groups is 1. The van der Waals surface area contributed by atoms with Crippen LogP contribution in [0.25, 0.3) is 0 Å². The lowest BCUT2D eigenvalue weighted by atomic mass is 10.1. The van der Waals surface area contributed by atoms with Gasteiger partial charge in [0.2, 0.25) is 0 Å². The average molecular weight is 165 g/mol. The lowest BCUT2D eigenvalue weighted by Gasteiger charge is -2.03. The fourth-order valence-electron chi connectivity index (χ4n) is 1.08. The van der Waals surface area contributed by atoms with E-state index in [1.807, 2.05) is 18.2 Å². The summed E-state index contributed by atoms with van der Waals surface area (Å²) in [6.07, 6.45) is 0. The zero-order chi connectivity index (χ0) is 8.97. The molecule has 0 heterocycles. The molecule has 3 nitrogen and oxygen atoms in total. The molecule has 0 radical (unpaired) electrons. The van der Waals surface area contributed by atoms with Gasteiger partial charge in [-0.15, -0.1) is 0 Å². The highest BCUT2D eigenvalue weighted by molar-refractivity contribution is 5.95. The summed E-state index contributed by atoms with van der Waals surface area (Å²) in [5.74, 6) is 4.95. The molecule has 0 saturated carbocycles. The summed E-state index contributed by atoms with van der Waals surface area (Å²) in [6, 6.07) is 7.25. The van der Waals surface area contributed by atoms with Crippen LogP contribution in [0.15, 0.2) is 24.3 Å². The second kappa shape index (κ2) is 3.99. The minimum atomic E-state index is 0.0302. The third kappa shape index (κ3) is 1.90.